The van der Waals surface area contributed by atoms with E-state index in [1.54, 1.807) is 0 Å². The molecule has 19 heavy (non-hydrogen) atoms. The average molecular weight is 300 g/mol. The SMILES string of the molecule is CCCNC(c1sccc1Cl)C1CC(C)CC(C)C1. The van der Waals surface area contributed by atoms with Crippen molar-refractivity contribution in [2.24, 2.45) is 17.8 Å². The molecule has 3 heteroatoms. The van der Waals surface area contributed by atoms with E-state index in [9.17, 15) is 0 Å². The summed E-state index contributed by atoms with van der Waals surface area (Å²) in [7, 11) is 0. The van der Waals surface area contributed by atoms with Crippen LogP contribution in [0.5, 0.6) is 0 Å². The van der Waals surface area contributed by atoms with Gasteiger partial charge in [0.2, 0.25) is 0 Å². The molecule has 1 aromatic heterocycles. The van der Waals surface area contributed by atoms with Crippen LogP contribution in [0, 0.1) is 17.8 Å². The molecule has 0 saturated heterocycles. The summed E-state index contributed by atoms with van der Waals surface area (Å²) in [4.78, 5) is 1.35. The van der Waals surface area contributed by atoms with Crippen LogP contribution in [0.2, 0.25) is 5.02 Å². The number of halogens is 1. The first-order valence-electron chi connectivity index (χ1n) is 7.58. The van der Waals surface area contributed by atoms with Gasteiger partial charge in [0.05, 0.1) is 5.02 Å². The predicted molar refractivity (Wildman–Crippen MR) is 86.0 cm³/mol. The first-order valence-corrected chi connectivity index (χ1v) is 8.83. The van der Waals surface area contributed by atoms with Crippen LogP contribution in [0.1, 0.15) is 57.4 Å². The molecule has 1 aliphatic carbocycles. The average Bonchev–Trinajstić information content (AvgIpc) is 2.75. The summed E-state index contributed by atoms with van der Waals surface area (Å²) in [5.41, 5.74) is 0. The third-order valence-corrected chi connectivity index (χ3v) is 5.67. The van der Waals surface area contributed by atoms with Gasteiger partial charge >= 0.3 is 0 Å². The second-order valence-corrected chi connectivity index (χ2v) is 7.60. The van der Waals surface area contributed by atoms with Gasteiger partial charge in [0.25, 0.3) is 0 Å². The van der Waals surface area contributed by atoms with E-state index in [0.717, 1.165) is 29.3 Å². The van der Waals surface area contributed by atoms with Crippen molar-refractivity contribution in [2.75, 3.05) is 6.54 Å². The van der Waals surface area contributed by atoms with Crippen LogP contribution in [0.15, 0.2) is 11.4 Å². The van der Waals surface area contributed by atoms with E-state index < -0.39 is 0 Å². The smallest absolute Gasteiger partial charge is 0.0561 e. The zero-order valence-electron chi connectivity index (χ0n) is 12.3. The first-order chi connectivity index (χ1) is 9.11. The number of nitrogens with one attached hydrogen (secondary N) is 1. The van der Waals surface area contributed by atoms with Gasteiger partial charge in [-0.2, -0.15) is 0 Å². The Kier molecular flexibility index (Phi) is 5.73. The standard InChI is InChI=1S/C16H26ClNS/c1-4-6-18-15(16-14(17)5-7-19-16)13-9-11(2)8-12(3)10-13/h5,7,11-13,15,18H,4,6,8-10H2,1-3H3. The van der Waals surface area contributed by atoms with Crippen molar-refractivity contribution in [3.05, 3.63) is 21.3 Å². The normalized spacial score (nSPS) is 29.4. The number of hydrogen-bond acceptors (Lipinski definition) is 2. The van der Waals surface area contributed by atoms with Crippen molar-refractivity contribution in [1.29, 1.82) is 0 Å². The van der Waals surface area contributed by atoms with Gasteiger partial charge in [0.1, 0.15) is 0 Å². The van der Waals surface area contributed by atoms with Crippen molar-refractivity contribution in [1.82, 2.24) is 5.32 Å². The van der Waals surface area contributed by atoms with E-state index in [4.69, 9.17) is 11.6 Å². The molecule has 0 amide bonds. The summed E-state index contributed by atoms with van der Waals surface area (Å²) in [5.74, 6) is 2.43. The maximum atomic E-state index is 6.38. The Morgan fingerprint density at radius 3 is 2.53 bits per heavy atom. The highest BCUT2D eigenvalue weighted by Gasteiger charge is 2.32. The van der Waals surface area contributed by atoms with Crippen LogP contribution in [-0.4, -0.2) is 6.54 Å². The number of hydrogen-bond donors (Lipinski definition) is 1. The van der Waals surface area contributed by atoms with Crippen LogP contribution in [0.25, 0.3) is 0 Å². The minimum atomic E-state index is 0.456. The summed E-state index contributed by atoms with van der Waals surface area (Å²) in [6.07, 6.45) is 5.23. The highest BCUT2D eigenvalue weighted by molar-refractivity contribution is 7.10. The monoisotopic (exact) mass is 299 g/mol. The second kappa shape index (κ2) is 7.10. The highest BCUT2D eigenvalue weighted by Crippen LogP contribution is 2.42. The topological polar surface area (TPSA) is 12.0 Å². The van der Waals surface area contributed by atoms with Crippen molar-refractivity contribution in [3.63, 3.8) is 0 Å². The largest absolute Gasteiger partial charge is 0.309 e. The molecule has 1 nitrogen and oxygen atoms in total. The summed E-state index contributed by atoms with van der Waals surface area (Å²) < 4.78 is 0. The molecule has 1 saturated carbocycles. The van der Waals surface area contributed by atoms with E-state index >= 15 is 0 Å². The predicted octanol–water partition coefficient (Wildman–Crippen LogP) is 5.51. The molecule has 1 N–H and O–H groups in total. The van der Waals surface area contributed by atoms with Gasteiger partial charge in [-0.1, -0.05) is 32.4 Å². The van der Waals surface area contributed by atoms with Crippen LogP contribution < -0.4 is 5.32 Å². The minimum absolute atomic E-state index is 0.456. The molecule has 1 aromatic rings. The van der Waals surface area contributed by atoms with Gasteiger partial charge in [-0.15, -0.1) is 11.3 Å². The molecule has 3 unspecified atom stereocenters. The molecule has 0 spiro atoms. The molecule has 0 radical (unpaired) electrons. The van der Waals surface area contributed by atoms with Gasteiger partial charge in [-0.25, -0.2) is 0 Å². The summed E-state index contributed by atoms with van der Waals surface area (Å²) in [5, 5.41) is 6.82. The molecule has 1 aliphatic rings. The van der Waals surface area contributed by atoms with Crippen LogP contribution >= 0.6 is 22.9 Å². The lowest BCUT2D eigenvalue weighted by Gasteiger charge is -2.37. The Bertz CT molecular complexity index is 380. The van der Waals surface area contributed by atoms with Crippen molar-refractivity contribution >= 4 is 22.9 Å². The van der Waals surface area contributed by atoms with Crippen LogP contribution in [0.4, 0.5) is 0 Å². The molecule has 3 atom stereocenters. The van der Waals surface area contributed by atoms with E-state index in [2.05, 4.69) is 31.5 Å². The van der Waals surface area contributed by atoms with Crippen molar-refractivity contribution < 1.29 is 0 Å². The molecule has 1 heterocycles. The first kappa shape index (κ1) is 15.3. The van der Waals surface area contributed by atoms with Crippen molar-refractivity contribution in [3.8, 4) is 0 Å². The summed E-state index contributed by atoms with van der Waals surface area (Å²) >= 11 is 8.19. The molecule has 2 rings (SSSR count). The Balaban J connectivity index is 2.15. The molecule has 0 aliphatic heterocycles. The van der Waals surface area contributed by atoms with Gasteiger partial charge in [-0.3, -0.25) is 0 Å². The Morgan fingerprint density at radius 1 is 1.32 bits per heavy atom. The molecule has 0 aromatic carbocycles. The second-order valence-electron chi connectivity index (χ2n) is 6.24. The fourth-order valence-electron chi connectivity index (χ4n) is 3.58. The van der Waals surface area contributed by atoms with Crippen LogP contribution in [0.3, 0.4) is 0 Å². The molecule has 1 fully saturated rings. The zero-order chi connectivity index (χ0) is 13.8. The fraction of sp³-hybridized carbons (Fsp3) is 0.750. The zero-order valence-corrected chi connectivity index (χ0v) is 13.9. The van der Waals surface area contributed by atoms with Gasteiger partial charge < -0.3 is 5.32 Å². The van der Waals surface area contributed by atoms with E-state index in [0.29, 0.717) is 6.04 Å². The fourth-order valence-corrected chi connectivity index (χ4v) is 4.92. The highest BCUT2D eigenvalue weighted by atomic mass is 35.5. The lowest BCUT2D eigenvalue weighted by Crippen LogP contribution is -2.33. The van der Waals surface area contributed by atoms with E-state index in [1.807, 2.05) is 17.4 Å². The summed E-state index contributed by atoms with van der Waals surface area (Å²) in [6.45, 7) is 8.11. The Labute approximate surface area is 126 Å². The van der Waals surface area contributed by atoms with E-state index in [-0.39, 0.29) is 0 Å². The maximum absolute atomic E-state index is 6.38. The quantitative estimate of drug-likeness (QED) is 0.755. The molecule has 0 bridgehead atoms. The van der Waals surface area contributed by atoms with Gasteiger partial charge in [0, 0.05) is 10.9 Å². The molecule has 108 valence electrons. The van der Waals surface area contributed by atoms with Gasteiger partial charge in [-0.05, 0) is 61.4 Å². The van der Waals surface area contributed by atoms with Crippen molar-refractivity contribution in [2.45, 2.75) is 52.5 Å². The number of thiophene rings is 1. The third kappa shape index (κ3) is 3.96. The number of rotatable bonds is 5. The Hall–Kier alpha value is -0.0500. The minimum Gasteiger partial charge on any atom is -0.309 e. The maximum Gasteiger partial charge on any atom is 0.0561 e. The third-order valence-electron chi connectivity index (χ3n) is 4.23. The van der Waals surface area contributed by atoms with E-state index in [1.165, 1.54) is 30.6 Å². The summed E-state index contributed by atoms with van der Waals surface area (Å²) in [6, 6.07) is 2.50. The molecular formula is C16H26ClNS. The van der Waals surface area contributed by atoms with Crippen LogP contribution in [-0.2, 0) is 0 Å². The molecular weight excluding hydrogens is 274 g/mol. The lowest BCUT2D eigenvalue weighted by atomic mass is 9.73. The lowest BCUT2D eigenvalue weighted by molar-refractivity contribution is 0.178. The van der Waals surface area contributed by atoms with Gasteiger partial charge in [0.15, 0.2) is 0 Å². The Morgan fingerprint density at radius 2 is 2.00 bits per heavy atom.